The second-order valence-corrected chi connectivity index (χ2v) is 8.03. The molecule has 2 saturated heterocycles. The molecule has 0 unspecified atom stereocenters. The summed E-state index contributed by atoms with van der Waals surface area (Å²) in [6.45, 7) is 1.97. The maximum atomic E-state index is 13.5. The number of hydroxylamine groups is 1. The van der Waals surface area contributed by atoms with Crippen LogP contribution in [0.5, 0.6) is 0 Å². The Labute approximate surface area is 194 Å². The van der Waals surface area contributed by atoms with E-state index in [9.17, 15) is 14.4 Å². The van der Waals surface area contributed by atoms with Gasteiger partial charge in [-0.05, 0) is 67.6 Å². The Hall–Kier alpha value is -3.62. The molecule has 33 heavy (non-hydrogen) atoms. The van der Waals surface area contributed by atoms with E-state index in [2.05, 4.69) is 0 Å². The first-order valence-electron chi connectivity index (χ1n) is 10.4. The lowest BCUT2D eigenvalue weighted by Crippen LogP contribution is -2.37. The minimum atomic E-state index is -1.02. The number of hydrogen-bond donors (Lipinski definition) is 0. The Balaban J connectivity index is 1.48. The van der Waals surface area contributed by atoms with Gasteiger partial charge < -0.3 is 9.15 Å². The van der Waals surface area contributed by atoms with Gasteiger partial charge in [0, 0.05) is 5.02 Å². The molecule has 0 spiro atoms. The largest absolute Gasteiger partial charge is 0.467 e. The van der Waals surface area contributed by atoms with Crippen molar-refractivity contribution >= 4 is 40.8 Å². The van der Waals surface area contributed by atoms with Crippen molar-refractivity contribution in [2.24, 2.45) is 5.92 Å². The third kappa shape index (κ3) is 3.57. The van der Waals surface area contributed by atoms with Gasteiger partial charge in [0.15, 0.2) is 6.10 Å². The summed E-state index contributed by atoms with van der Waals surface area (Å²) in [5, 5.41) is 2.08. The van der Waals surface area contributed by atoms with Gasteiger partial charge in [0.05, 0.1) is 29.8 Å². The number of ether oxygens (including phenoxy) is 1. The summed E-state index contributed by atoms with van der Waals surface area (Å²) in [5.74, 6) is -1.68. The standard InChI is InChI=1S/C24H19ClN2O6/c1-2-31-24(30)14-5-9-16(10-6-14)26-22(28)19-20(18-4-3-13-32-18)27(33-21(19)23(26)29)17-11-7-15(25)8-12-17/h3-13,19-21H,2H2,1H3/t19-,20-,21+/m0/s1. The van der Waals surface area contributed by atoms with Crippen LogP contribution in [0, 0.1) is 5.92 Å². The molecule has 0 N–H and O–H groups in total. The third-order valence-corrected chi connectivity index (χ3v) is 5.92. The number of halogens is 1. The van der Waals surface area contributed by atoms with E-state index >= 15 is 0 Å². The highest BCUT2D eigenvalue weighted by Gasteiger charge is 2.61. The molecule has 2 aromatic carbocycles. The Morgan fingerprint density at radius 3 is 2.33 bits per heavy atom. The number of carbonyl (C=O) groups is 3. The zero-order chi connectivity index (χ0) is 23.1. The summed E-state index contributed by atoms with van der Waals surface area (Å²) >= 11 is 6.01. The Bertz CT molecular complexity index is 1190. The fraction of sp³-hybridized carbons (Fsp3) is 0.208. The first kappa shape index (κ1) is 21.2. The molecule has 8 nitrogen and oxygen atoms in total. The normalized spacial score (nSPS) is 22.1. The maximum Gasteiger partial charge on any atom is 0.338 e. The number of anilines is 2. The average Bonchev–Trinajstić information content (AvgIpc) is 3.52. The molecule has 3 aromatic rings. The molecule has 2 fully saturated rings. The summed E-state index contributed by atoms with van der Waals surface area (Å²) in [7, 11) is 0. The van der Waals surface area contributed by atoms with Crippen molar-refractivity contribution in [1.29, 1.82) is 0 Å². The monoisotopic (exact) mass is 466 g/mol. The number of nitrogens with zero attached hydrogens (tertiary/aromatic N) is 2. The van der Waals surface area contributed by atoms with Crippen LogP contribution in [0.1, 0.15) is 29.1 Å². The van der Waals surface area contributed by atoms with Crippen LogP contribution in [-0.2, 0) is 19.2 Å². The highest BCUT2D eigenvalue weighted by molar-refractivity contribution is 6.30. The summed E-state index contributed by atoms with van der Waals surface area (Å²) in [5.41, 5.74) is 1.33. The number of amides is 2. The molecule has 0 saturated carbocycles. The molecule has 3 heterocycles. The minimum Gasteiger partial charge on any atom is -0.467 e. The molecule has 2 amide bonds. The first-order chi connectivity index (χ1) is 16.0. The lowest BCUT2D eigenvalue weighted by molar-refractivity contribution is -0.126. The second kappa shape index (κ2) is 8.38. The van der Waals surface area contributed by atoms with Gasteiger partial charge in [0.1, 0.15) is 17.7 Å². The van der Waals surface area contributed by atoms with Gasteiger partial charge in [0.25, 0.3) is 5.91 Å². The summed E-state index contributed by atoms with van der Waals surface area (Å²) in [6, 6.07) is 15.9. The van der Waals surface area contributed by atoms with Gasteiger partial charge in [-0.1, -0.05) is 11.6 Å². The smallest absolute Gasteiger partial charge is 0.338 e. The lowest BCUT2D eigenvalue weighted by Gasteiger charge is -2.27. The van der Waals surface area contributed by atoms with Gasteiger partial charge in [-0.25, -0.2) is 14.8 Å². The van der Waals surface area contributed by atoms with Gasteiger partial charge in [0.2, 0.25) is 5.91 Å². The number of rotatable bonds is 5. The van der Waals surface area contributed by atoms with Crippen molar-refractivity contribution < 1.29 is 28.4 Å². The third-order valence-electron chi connectivity index (χ3n) is 5.67. The fourth-order valence-corrected chi connectivity index (χ4v) is 4.32. The number of carbonyl (C=O) groups excluding carboxylic acids is 3. The molecule has 168 valence electrons. The van der Waals surface area contributed by atoms with Crippen molar-refractivity contribution in [3.8, 4) is 0 Å². The van der Waals surface area contributed by atoms with E-state index in [0.717, 1.165) is 4.90 Å². The molecule has 1 aromatic heterocycles. The van der Waals surface area contributed by atoms with Crippen LogP contribution in [0.2, 0.25) is 5.02 Å². The number of benzene rings is 2. The number of hydrogen-bond acceptors (Lipinski definition) is 7. The number of furan rings is 1. The van der Waals surface area contributed by atoms with Crippen molar-refractivity contribution in [3.05, 3.63) is 83.3 Å². The van der Waals surface area contributed by atoms with Gasteiger partial charge in [-0.3, -0.25) is 14.4 Å². The average molecular weight is 467 g/mol. The molecule has 3 atom stereocenters. The Kier molecular flexibility index (Phi) is 5.39. The van der Waals surface area contributed by atoms with Gasteiger partial charge >= 0.3 is 5.97 Å². The highest BCUT2D eigenvalue weighted by Crippen LogP contribution is 2.47. The molecule has 9 heteroatoms. The zero-order valence-electron chi connectivity index (χ0n) is 17.5. The zero-order valence-corrected chi connectivity index (χ0v) is 18.3. The number of esters is 1. The van der Waals surface area contributed by atoms with Crippen molar-refractivity contribution in [2.45, 2.75) is 19.1 Å². The van der Waals surface area contributed by atoms with E-state index < -0.39 is 35.8 Å². The second-order valence-electron chi connectivity index (χ2n) is 7.59. The van der Waals surface area contributed by atoms with Gasteiger partial charge in [-0.15, -0.1) is 0 Å². The Morgan fingerprint density at radius 1 is 1.00 bits per heavy atom. The topological polar surface area (TPSA) is 89.3 Å². The molecule has 0 bridgehead atoms. The predicted molar refractivity (Wildman–Crippen MR) is 119 cm³/mol. The lowest BCUT2D eigenvalue weighted by atomic mass is 9.94. The molecule has 0 radical (unpaired) electrons. The Morgan fingerprint density at radius 2 is 1.70 bits per heavy atom. The van der Waals surface area contributed by atoms with Crippen LogP contribution in [0.25, 0.3) is 0 Å². The van der Waals surface area contributed by atoms with E-state index in [0.29, 0.717) is 27.7 Å². The van der Waals surface area contributed by atoms with Crippen LogP contribution in [0.3, 0.4) is 0 Å². The van der Waals surface area contributed by atoms with Crippen molar-refractivity contribution in [2.75, 3.05) is 16.6 Å². The first-order valence-corrected chi connectivity index (χ1v) is 10.8. The van der Waals surface area contributed by atoms with Gasteiger partial charge in [-0.2, -0.15) is 0 Å². The number of imide groups is 1. The van der Waals surface area contributed by atoms with E-state index in [4.69, 9.17) is 25.6 Å². The maximum absolute atomic E-state index is 13.5. The van der Waals surface area contributed by atoms with Crippen LogP contribution >= 0.6 is 11.6 Å². The summed E-state index contributed by atoms with van der Waals surface area (Å²) < 4.78 is 10.6. The molecular formula is C24H19ClN2O6. The van der Waals surface area contributed by atoms with Crippen molar-refractivity contribution in [3.63, 3.8) is 0 Å². The SMILES string of the molecule is CCOC(=O)c1ccc(N2C(=O)[C@@H]3[C@@H](ON(c4ccc(Cl)cc4)[C@H]3c3ccco3)C2=O)cc1. The summed E-state index contributed by atoms with van der Waals surface area (Å²) in [4.78, 5) is 45.8. The molecule has 2 aliphatic rings. The van der Waals surface area contributed by atoms with Crippen molar-refractivity contribution in [1.82, 2.24) is 0 Å². The van der Waals surface area contributed by atoms with Crippen LogP contribution in [0.4, 0.5) is 11.4 Å². The molecule has 2 aliphatic heterocycles. The van der Waals surface area contributed by atoms with E-state index in [1.807, 2.05) is 0 Å². The predicted octanol–water partition coefficient (Wildman–Crippen LogP) is 4.16. The number of fused-ring (bicyclic) bond motifs is 1. The molecular weight excluding hydrogens is 448 g/mol. The fourth-order valence-electron chi connectivity index (χ4n) is 4.19. The van der Waals surface area contributed by atoms with E-state index in [1.165, 1.54) is 23.5 Å². The highest BCUT2D eigenvalue weighted by atomic mass is 35.5. The van der Waals surface area contributed by atoms with Crippen LogP contribution in [0.15, 0.2) is 71.3 Å². The minimum absolute atomic E-state index is 0.253. The molecule has 5 rings (SSSR count). The van der Waals surface area contributed by atoms with E-state index in [1.54, 1.807) is 55.5 Å². The summed E-state index contributed by atoms with van der Waals surface area (Å²) in [6.07, 6.45) is 0.489. The van der Waals surface area contributed by atoms with Crippen LogP contribution < -0.4 is 9.96 Å². The van der Waals surface area contributed by atoms with E-state index in [-0.39, 0.29) is 6.61 Å². The quantitative estimate of drug-likeness (QED) is 0.412. The van der Waals surface area contributed by atoms with Crippen LogP contribution in [-0.4, -0.2) is 30.5 Å². The molecule has 0 aliphatic carbocycles.